The van der Waals surface area contributed by atoms with Crippen molar-refractivity contribution in [2.24, 2.45) is 0 Å². The van der Waals surface area contributed by atoms with E-state index in [-0.39, 0.29) is 11.9 Å². The molecule has 2 N–H and O–H groups in total. The molecule has 2 unspecified atom stereocenters. The summed E-state index contributed by atoms with van der Waals surface area (Å²) in [4.78, 5) is 26.8. The summed E-state index contributed by atoms with van der Waals surface area (Å²) in [5.41, 5.74) is 2.62. The quantitative estimate of drug-likeness (QED) is 0.356. The number of carbonyl (C=O) groups excluding carboxylic acids is 2. The normalized spacial score (nSPS) is 18.8. The van der Waals surface area contributed by atoms with Gasteiger partial charge in [-0.3, -0.25) is 9.59 Å². The van der Waals surface area contributed by atoms with Gasteiger partial charge in [-0.1, -0.05) is 51.1 Å². The number of allylic oxidation sites excluding steroid dienone is 1. The smallest absolute Gasteiger partial charge is 0.262 e. The number of benzene rings is 1. The van der Waals surface area contributed by atoms with Gasteiger partial charge in [0, 0.05) is 45.9 Å². The number of piperidine rings is 1. The number of hydrogen-bond acceptors (Lipinski definition) is 5. The van der Waals surface area contributed by atoms with Crippen LogP contribution < -0.4 is 5.32 Å². The summed E-state index contributed by atoms with van der Waals surface area (Å²) < 4.78 is 0.484. The van der Waals surface area contributed by atoms with Gasteiger partial charge in [0.15, 0.2) is 0 Å². The Kier molecular flexibility index (Phi) is 14.8. The Balaban J connectivity index is 0.00000165. The van der Waals surface area contributed by atoms with Gasteiger partial charge in [0.2, 0.25) is 0 Å². The Morgan fingerprint density at radius 1 is 1.26 bits per heavy atom. The minimum Gasteiger partial charge on any atom is -0.400 e. The first-order valence-corrected chi connectivity index (χ1v) is 11.2. The van der Waals surface area contributed by atoms with Crippen molar-refractivity contribution in [3.63, 3.8) is 0 Å². The third kappa shape index (κ3) is 9.80. The summed E-state index contributed by atoms with van der Waals surface area (Å²) in [6, 6.07) is 7.97. The van der Waals surface area contributed by atoms with Gasteiger partial charge in [-0.2, -0.15) is 0 Å². The van der Waals surface area contributed by atoms with Crippen LogP contribution in [0.1, 0.15) is 48.5 Å². The van der Waals surface area contributed by atoms with Gasteiger partial charge in [-0.05, 0) is 47.0 Å². The molecule has 1 fully saturated rings. The van der Waals surface area contributed by atoms with Gasteiger partial charge in [-0.15, -0.1) is 0 Å². The summed E-state index contributed by atoms with van der Waals surface area (Å²) >= 11 is 3.40. The fourth-order valence-electron chi connectivity index (χ4n) is 3.26. The molecule has 2 rings (SSSR count). The van der Waals surface area contributed by atoms with E-state index in [1.54, 1.807) is 20.2 Å². The topological polar surface area (TPSA) is 72.9 Å². The molecule has 0 radical (unpaired) electrons. The predicted octanol–water partition coefficient (Wildman–Crippen LogP) is 3.78. The first-order valence-electron chi connectivity index (χ1n) is 10.5. The lowest BCUT2D eigenvalue weighted by Crippen LogP contribution is -2.46. The van der Waals surface area contributed by atoms with Crippen LogP contribution in [0.25, 0.3) is 0 Å². The molecule has 1 saturated heterocycles. The summed E-state index contributed by atoms with van der Waals surface area (Å²) in [7, 11) is 6.54. The first kappa shape index (κ1) is 29.0. The number of likely N-dealkylation sites (tertiary alicyclic amines) is 1. The molecule has 1 aliphatic heterocycles. The summed E-state index contributed by atoms with van der Waals surface area (Å²) in [6.07, 6.45) is 4.73. The van der Waals surface area contributed by atoms with Crippen molar-refractivity contribution < 1.29 is 14.7 Å². The van der Waals surface area contributed by atoms with Gasteiger partial charge in [0.1, 0.15) is 10.8 Å². The number of rotatable bonds is 6. The van der Waals surface area contributed by atoms with Crippen LogP contribution in [0.15, 0.2) is 47.1 Å². The number of carbonyl (C=O) groups is 2. The highest BCUT2D eigenvalue weighted by Gasteiger charge is 2.27. The molecule has 1 heterocycles. The first-order chi connectivity index (χ1) is 14.8. The maximum atomic E-state index is 12.2. The van der Waals surface area contributed by atoms with Crippen LogP contribution in [-0.4, -0.2) is 74.5 Å². The molecule has 1 aromatic carbocycles. The molecule has 174 valence electrons. The number of aliphatic hydroxyl groups is 1. The molecule has 1 amide bonds. The second kappa shape index (κ2) is 15.8. The second-order valence-corrected chi connectivity index (χ2v) is 8.41. The van der Waals surface area contributed by atoms with Crippen LogP contribution in [0.2, 0.25) is 0 Å². The summed E-state index contributed by atoms with van der Waals surface area (Å²) in [5.74, 6) is 0.263. The maximum absolute atomic E-state index is 12.2. The van der Waals surface area contributed by atoms with Crippen molar-refractivity contribution in [1.29, 1.82) is 0 Å². The maximum Gasteiger partial charge on any atom is 0.262 e. The monoisotopic (exact) mass is 495 g/mol. The number of aldehydes is 1. The highest BCUT2D eigenvalue weighted by molar-refractivity contribution is 9.12. The molecule has 0 bridgehead atoms. The van der Waals surface area contributed by atoms with Gasteiger partial charge in [0.05, 0.1) is 5.70 Å². The Morgan fingerprint density at radius 2 is 1.81 bits per heavy atom. The minimum atomic E-state index is -0.0995. The van der Waals surface area contributed by atoms with Crippen LogP contribution in [0.4, 0.5) is 0 Å². The van der Waals surface area contributed by atoms with Gasteiger partial charge >= 0.3 is 0 Å². The van der Waals surface area contributed by atoms with Crippen LogP contribution in [-0.2, 0) is 4.79 Å². The molecule has 6 nitrogen and oxygen atoms in total. The van der Waals surface area contributed by atoms with E-state index >= 15 is 0 Å². The van der Waals surface area contributed by atoms with Crippen LogP contribution in [0, 0.1) is 0 Å². The zero-order valence-electron chi connectivity index (χ0n) is 19.7. The average molecular weight is 496 g/mol. The SMILES string of the molecule is C=C/C(NC1CC(c2ccc(C=O)cc2)CN(C)C1)=C(/Br)C(=O)N(C)C.CCC.CO. The van der Waals surface area contributed by atoms with E-state index in [2.05, 4.69) is 53.6 Å². The van der Waals surface area contributed by atoms with Crippen molar-refractivity contribution in [1.82, 2.24) is 15.1 Å². The number of halogens is 1. The highest BCUT2D eigenvalue weighted by atomic mass is 79.9. The van der Waals surface area contributed by atoms with Crippen LogP contribution >= 0.6 is 15.9 Å². The van der Waals surface area contributed by atoms with Crippen molar-refractivity contribution in [3.8, 4) is 0 Å². The molecular weight excluding hydrogens is 458 g/mol. The summed E-state index contributed by atoms with van der Waals surface area (Å²) in [6.45, 7) is 9.93. The number of nitrogens with one attached hydrogen (secondary N) is 1. The van der Waals surface area contributed by atoms with E-state index in [9.17, 15) is 9.59 Å². The molecule has 1 aliphatic rings. The third-order valence-electron chi connectivity index (χ3n) is 4.57. The lowest BCUT2D eigenvalue weighted by atomic mass is 9.88. The molecular formula is C24H38BrN3O3. The van der Waals surface area contributed by atoms with Crippen molar-refractivity contribution >= 4 is 28.1 Å². The van der Waals surface area contributed by atoms with Crippen molar-refractivity contribution in [3.05, 3.63) is 58.2 Å². The molecule has 31 heavy (non-hydrogen) atoms. The largest absolute Gasteiger partial charge is 0.400 e. The van der Waals surface area contributed by atoms with Crippen molar-refractivity contribution in [2.45, 2.75) is 38.6 Å². The number of amides is 1. The Hall–Kier alpha value is -1.96. The van der Waals surface area contributed by atoms with E-state index in [4.69, 9.17) is 5.11 Å². The Morgan fingerprint density at radius 3 is 2.26 bits per heavy atom. The number of hydrogen-bond donors (Lipinski definition) is 2. The van der Waals surface area contributed by atoms with Crippen LogP contribution in [0.5, 0.6) is 0 Å². The standard InChI is InChI=1S/C20H26BrN3O2.C3H8.CH4O/c1-5-18(19(21)20(26)23(2)3)22-17-10-16(11-24(4)12-17)15-8-6-14(13-25)7-9-15;1-3-2;1-2/h5-9,13,16-17,22H,1,10-12H2,2-4H3;3H2,1-2H3;2H,1H3/b19-18-;;. The number of aliphatic hydroxyl groups excluding tert-OH is 1. The van der Waals surface area contributed by atoms with E-state index in [0.29, 0.717) is 21.7 Å². The minimum absolute atomic E-state index is 0.0995. The average Bonchev–Trinajstić information content (AvgIpc) is 2.78. The van der Waals surface area contributed by atoms with Gasteiger partial charge in [-0.25, -0.2) is 0 Å². The fourth-order valence-corrected chi connectivity index (χ4v) is 3.89. The molecule has 1 aromatic rings. The van der Waals surface area contributed by atoms with Gasteiger partial charge in [0.25, 0.3) is 5.91 Å². The van der Waals surface area contributed by atoms with Crippen molar-refractivity contribution in [2.75, 3.05) is 41.3 Å². The molecule has 7 heteroatoms. The molecule has 0 spiro atoms. The molecule has 2 atom stereocenters. The van der Waals surface area contributed by atoms with E-state index in [1.165, 1.54) is 16.9 Å². The number of nitrogens with zero attached hydrogens (tertiary/aromatic N) is 2. The molecule has 0 aliphatic carbocycles. The van der Waals surface area contributed by atoms with Crippen LogP contribution in [0.3, 0.4) is 0 Å². The lowest BCUT2D eigenvalue weighted by Gasteiger charge is -2.37. The Bertz CT molecular complexity index is 717. The number of likely N-dealkylation sites (N-methyl/N-ethyl adjacent to an activating group) is 2. The van der Waals surface area contributed by atoms with E-state index < -0.39 is 0 Å². The molecule has 0 aromatic heterocycles. The predicted molar refractivity (Wildman–Crippen MR) is 133 cm³/mol. The third-order valence-corrected chi connectivity index (χ3v) is 5.34. The summed E-state index contributed by atoms with van der Waals surface area (Å²) in [5, 5.41) is 10.5. The lowest BCUT2D eigenvalue weighted by molar-refractivity contribution is -0.123. The second-order valence-electron chi connectivity index (χ2n) is 7.62. The zero-order chi connectivity index (χ0) is 24.0. The Labute approximate surface area is 196 Å². The fraction of sp³-hybridized carbons (Fsp3) is 0.500. The highest BCUT2D eigenvalue weighted by Crippen LogP contribution is 2.27. The van der Waals surface area contributed by atoms with E-state index in [1.807, 2.05) is 24.3 Å². The van der Waals surface area contributed by atoms with Gasteiger partial charge < -0.3 is 20.2 Å². The zero-order valence-corrected chi connectivity index (χ0v) is 21.3. The van der Waals surface area contributed by atoms with E-state index in [0.717, 1.165) is 32.9 Å². The molecule has 0 saturated carbocycles.